The van der Waals surface area contributed by atoms with E-state index in [1.807, 2.05) is 6.92 Å². The molecule has 5 nitrogen and oxygen atoms in total. The molecule has 0 atom stereocenters. The van der Waals surface area contributed by atoms with Gasteiger partial charge in [0.05, 0.1) is 22.0 Å². The molecule has 0 aliphatic carbocycles. The minimum absolute atomic E-state index is 0.0888. The van der Waals surface area contributed by atoms with E-state index < -0.39 is 9.84 Å². The van der Waals surface area contributed by atoms with Gasteiger partial charge in [0.15, 0.2) is 9.84 Å². The summed E-state index contributed by atoms with van der Waals surface area (Å²) in [4.78, 5) is 0.313. The summed E-state index contributed by atoms with van der Waals surface area (Å²) in [5, 5.41) is 11.4. The monoisotopic (exact) mass is 277 g/mol. The van der Waals surface area contributed by atoms with Gasteiger partial charge in [0.1, 0.15) is 0 Å². The van der Waals surface area contributed by atoms with Crippen molar-refractivity contribution >= 4 is 9.84 Å². The van der Waals surface area contributed by atoms with Crippen molar-refractivity contribution in [2.75, 3.05) is 0 Å². The van der Waals surface area contributed by atoms with E-state index in [-0.39, 0.29) is 5.75 Å². The molecule has 1 aromatic carbocycles. The molecule has 0 radical (unpaired) electrons. The second kappa shape index (κ2) is 5.44. The van der Waals surface area contributed by atoms with E-state index >= 15 is 0 Å². The Labute approximate surface area is 112 Å². The standard InChI is InChI=1S/C13H15N3O2S/c1-3-13-12(10(2)14-16-15-13)9-19(17,18)11-7-5-4-6-8-11/h4-8H,3,9H2,1-2H3. The molecule has 0 saturated heterocycles. The lowest BCUT2D eigenvalue weighted by molar-refractivity contribution is 0.594. The Morgan fingerprint density at radius 1 is 1.11 bits per heavy atom. The molecule has 0 N–H and O–H groups in total. The first-order chi connectivity index (χ1) is 9.04. The Bertz CT molecular complexity index is 670. The third-order valence-electron chi connectivity index (χ3n) is 2.92. The van der Waals surface area contributed by atoms with Gasteiger partial charge in [-0.3, -0.25) is 0 Å². The molecule has 0 saturated carbocycles. The molecule has 6 heteroatoms. The van der Waals surface area contributed by atoms with Crippen LogP contribution in [0.2, 0.25) is 0 Å². The minimum Gasteiger partial charge on any atom is -0.223 e. The molecular formula is C13H15N3O2S. The summed E-state index contributed by atoms with van der Waals surface area (Å²) >= 11 is 0. The highest BCUT2D eigenvalue weighted by Gasteiger charge is 2.19. The average molecular weight is 277 g/mol. The zero-order chi connectivity index (χ0) is 13.9. The van der Waals surface area contributed by atoms with E-state index in [1.54, 1.807) is 37.3 Å². The van der Waals surface area contributed by atoms with Crippen molar-refractivity contribution in [3.05, 3.63) is 47.3 Å². The minimum atomic E-state index is -3.38. The number of sulfone groups is 1. The van der Waals surface area contributed by atoms with Gasteiger partial charge >= 0.3 is 0 Å². The Hall–Kier alpha value is -1.82. The molecule has 0 unspecified atom stereocenters. The number of hydrogen-bond donors (Lipinski definition) is 0. The molecular weight excluding hydrogens is 262 g/mol. The predicted octanol–water partition coefficient (Wildman–Crippen LogP) is 1.72. The van der Waals surface area contributed by atoms with Crippen molar-refractivity contribution in [2.24, 2.45) is 0 Å². The van der Waals surface area contributed by atoms with Crippen LogP contribution in [0.5, 0.6) is 0 Å². The van der Waals surface area contributed by atoms with Crippen molar-refractivity contribution < 1.29 is 8.42 Å². The first kappa shape index (κ1) is 13.6. The van der Waals surface area contributed by atoms with Gasteiger partial charge in [-0.2, -0.15) is 0 Å². The Morgan fingerprint density at radius 2 is 1.79 bits per heavy atom. The molecule has 100 valence electrons. The fourth-order valence-electron chi connectivity index (χ4n) is 1.85. The number of aromatic nitrogens is 3. The highest BCUT2D eigenvalue weighted by atomic mass is 32.2. The molecule has 1 aromatic heterocycles. The average Bonchev–Trinajstić information content (AvgIpc) is 2.42. The van der Waals surface area contributed by atoms with Gasteiger partial charge in [-0.05, 0) is 30.7 Å². The highest BCUT2D eigenvalue weighted by Crippen LogP contribution is 2.19. The number of nitrogens with zero attached hydrogens (tertiary/aromatic N) is 3. The summed E-state index contributed by atoms with van der Waals surface area (Å²) in [5.74, 6) is -0.0888. The summed E-state index contributed by atoms with van der Waals surface area (Å²) in [6.45, 7) is 3.67. The summed E-state index contributed by atoms with van der Waals surface area (Å²) in [5.41, 5.74) is 1.96. The number of hydrogen-bond acceptors (Lipinski definition) is 5. The molecule has 0 amide bonds. The van der Waals surface area contributed by atoms with Crippen LogP contribution in [0.3, 0.4) is 0 Å². The number of benzene rings is 1. The van der Waals surface area contributed by atoms with Crippen molar-refractivity contribution in [1.82, 2.24) is 15.4 Å². The van der Waals surface area contributed by atoms with E-state index in [2.05, 4.69) is 15.4 Å². The molecule has 0 aliphatic heterocycles. The van der Waals surface area contributed by atoms with Crippen LogP contribution in [0, 0.1) is 6.92 Å². The number of rotatable bonds is 4. The Morgan fingerprint density at radius 3 is 2.42 bits per heavy atom. The van der Waals surface area contributed by atoms with Crippen molar-refractivity contribution in [3.8, 4) is 0 Å². The van der Waals surface area contributed by atoms with Crippen molar-refractivity contribution in [2.45, 2.75) is 30.9 Å². The molecule has 0 aliphatic rings. The zero-order valence-electron chi connectivity index (χ0n) is 10.9. The van der Waals surface area contributed by atoms with Gasteiger partial charge in [-0.1, -0.05) is 25.1 Å². The van der Waals surface area contributed by atoms with Crippen LogP contribution in [0.25, 0.3) is 0 Å². The molecule has 2 aromatic rings. The molecule has 0 fully saturated rings. The summed E-state index contributed by atoms with van der Waals surface area (Å²) in [6, 6.07) is 8.40. The molecule has 1 heterocycles. The zero-order valence-corrected chi connectivity index (χ0v) is 11.7. The van der Waals surface area contributed by atoms with Gasteiger partial charge in [-0.15, -0.1) is 10.2 Å². The van der Waals surface area contributed by atoms with Gasteiger partial charge in [0.2, 0.25) is 0 Å². The third-order valence-corrected chi connectivity index (χ3v) is 4.58. The van der Waals surface area contributed by atoms with E-state index in [4.69, 9.17) is 0 Å². The topological polar surface area (TPSA) is 72.8 Å². The van der Waals surface area contributed by atoms with Crippen LogP contribution in [0.1, 0.15) is 23.9 Å². The quantitative estimate of drug-likeness (QED) is 0.850. The van der Waals surface area contributed by atoms with Gasteiger partial charge < -0.3 is 0 Å². The second-order valence-electron chi connectivity index (χ2n) is 4.23. The smallest absolute Gasteiger partial charge is 0.182 e. The lowest BCUT2D eigenvalue weighted by Crippen LogP contribution is -2.12. The normalized spacial score (nSPS) is 11.5. The first-order valence-corrected chi connectivity index (χ1v) is 7.65. The van der Waals surface area contributed by atoms with Crippen LogP contribution in [-0.4, -0.2) is 23.8 Å². The van der Waals surface area contributed by atoms with Crippen LogP contribution in [0.4, 0.5) is 0 Å². The summed E-state index contributed by atoms with van der Waals surface area (Å²) < 4.78 is 24.7. The summed E-state index contributed by atoms with van der Waals surface area (Å²) in [6.07, 6.45) is 0.635. The van der Waals surface area contributed by atoms with Crippen LogP contribution >= 0.6 is 0 Å². The maximum Gasteiger partial charge on any atom is 0.182 e. The predicted molar refractivity (Wildman–Crippen MR) is 71.3 cm³/mol. The van der Waals surface area contributed by atoms with E-state index in [0.29, 0.717) is 28.3 Å². The lowest BCUT2D eigenvalue weighted by Gasteiger charge is -2.09. The van der Waals surface area contributed by atoms with Crippen LogP contribution in [-0.2, 0) is 22.0 Å². The van der Waals surface area contributed by atoms with Gasteiger partial charge in [0, 0.05) is 5.56 Å². The Balaban J connectivity index is 2.42. The van der Waals surface area contributed by atoms with Crippen LogP contribution in [0.15, 0.2) is 35.2 Å². The van der Waals surface area contributed by atoms with Crippen molar-refractivity contribution in [1.29, 1.82) is 0 Å². The van der Waals surface area contributed by atoms with Gasteiger partial charge in [-0.25, -0.2) is 8.42 Å². The first-order valence-electron chi connectivity index (χ1n) is 6.00. The van der Waals surface area contributed by atoms with E-state index in [9.17, 15) is 8.42 Å². The highest BCUT2D eigenvalue weighted by molar-refractivity contribution is 7.90. The molecule has 2 rings (SSSR count). The summed E-state index contributed by atoms with van der Waals surface area (Å²) in [7, 11) is -3.38. The van der Waals surface area contributed by atoms with E-state index in [1.165, 1.54) is 0 Å². The second-order valence-corrected chi connectivity index (χ2v) is 6.22. The third kappa shape index (κ3) is 2.96. The lowest BCUT2D eigenvalue weighted by atomic mass is 10.1. The number of aryl methyl sites for hydroxylation is 2. The molecule has 0 spiro atoms. The van der Waals surface area contributed by atoms with Crippen LogP contribution < -0.4 is 0 Å². The van der Waals surface area contributed by atoms with Crippen molar-refractivity contribution in [3.63, 3.8) is 0 Å². The molecule has 19 heavy (non-hydrogen) atoms. The maximum atomic E-state index is 12.3. The largest absolute Gasteiger partial charge is 0.223 e. The van der Waals surface area contributed by atoms with E-state index in [0.717, 1.165) is 0 Å². The SMILES string of the molecule is CCc1nnnc(C)c1CS(=O)(=O)c1ccccc1. The molecule has 0 bridgehead atoms. The Kier molecular flexibility index (Phi) is 3.90. The maximum absolute atomic E-state index is 12.3. The fraction of sp³-hybridized carbons (Fsp3) is 0.308. The van der Waals surface area contributed by atoms with Gasteiger partial charge in [0.25, 0.3) is 0 Å². The fourth-order valence-corrected chi connectivity index (χ4v) is 3.34.